The predicted molar refractivity (Wildman–Crippen MR) is 98.3 cm³/mol. The van der Waals surface area contributed by atoms with Crippen molar-refractivity contribution in [2.75, 3.05) is 7.11 Å². The summed E-state index contributed by atoms with van der Waals surface area (Å²) in [5.74, 6) is 1.09. The molecule has 2 aromatic rings. The molecule has 1 atom stereocenters. The molecule has 24 heavy (non-hydrogen) atoms. The Bertz CT molecular complexity index is 763. The van der Waals surface area contributed by atoms with Crippen LogP contribution in [0.5, 0.6) is 11.5 Å². The Morgan fingerprint density at radius 1 is 1.29 bits per heavy atom. The number of nitrogens with zero attached hydrogens (tertiary/aromatic N) is 1. The Hall–Kier alpha value is -2.44. The van der Waals surface area contributed by atoms with Crippen molar-refractivity contribution in [3.8, 4) is 17.6 Å². The van der Waals surface area contributed by atoms with Gasteiger partial charge in [-0.1, -0.05) is 48.9 Å². The standard InChI is InChI=1S/C20H20ClNO2/c1-4-14(2)24-20-18(21)11-15(12-19(20)23-3)10-17(13-22)16-8-6-5-7-9-16/h5-12,14H,4H2,1-3H3. The van der Waals surface area contributed by atoms with Crippen LogP contribution in [-0.4, -0.2) is 13.2 Å². The van der Waals surface area contributed by atoms with E-state index in [4.69, 9.17) is 21.1 Å². The quantitative estimate of drug-likeness (QED) is 0.508. The topological polar surface area (TPSA) is 42.2 Å². The van der Waals surface area contributed by atoms with Crippen LogP contribution in [0.3, 0.4) is 0 Å². The van der Waals surface area contributed by atoms with Gasteiger partial charge < -0.3 is 9.47 Å². The zero-order valence-electron chi connectivity index (χ0n) is 14.0. The normalized spacial score (nSPS) is 12.4. The van der Waals surface area contributed by atoms with Crippen LogP contribution in [0.4, 0.5) is 0 Å². The van der Waals surface area contributed by atoms with Gasteiger partial charge in [-0.25, -0.2) is 0 Å². The van der Waals surface area contributed by atoms with E-state index in [0.29, 0.717) is 22.1 Å². The van der Waals surface area contributed by atoms with Crippen LogP contribution in [0, 0.1) is 11.3 Å². The average molecular weight is 342 g/mol. The zero-order chi connectivity index (χ0) is 17.5. The van der Waals surface area contributed by atoms with Gasteiger partial charge in [0, 0.05) is 0 Å². The van der Waals surface area contributed by atoms with Crippen LogP contribution < -0.4 is 9.47 Å². The fourth-order valence-electron chi connectivity index (χ4n) is 2.19. The molecule has 0 saturated heterocycles. The van der Waals surface area contributed by atoms with Crippen LogP contribution in [0.25, 0.3) is 11.6 Å². The summed E-state index contributed by atoms with van der Waals surface area (Å²) in [6, 6.07) is 15.3. The number of hydrogen-bond acceptors (Lipinski definition) is 3. The number of allylic oxidation sites excluding steroid dienone is 1. The summed E-state index contributed by atoms with van der Waals surface area (Å²) in [5.41, 5.74) is 2.20. The summed E-state index contributed by atoms with van der Waals surface area (Å²) in [5, 5.41) is 9.90. The van der Waals surface area contributed by atoms with Crippen LogP contribution >= 0.6 is 11.6 Å². The first-order valence-electron chi connectivity index (χ1n) is 7.80. The molecule has 0 aliphatic carbocycles. The third-order valence-corrected chi connectivity index (χ3v) is 3.94. The zero-order valence-corrected chi connectivity index (χ0v) is 14.8. The van der Waals surface area contributed by atoms with E-state index in [1.54, 1.807) is 19.3 Å². The lowest BCUT2D eigenvalue weighted by molar-refractivity contribution is 0.208. The van der Waals surface area contributed by atoms with Gasteiger partial charge in [-0.2, -0.15) is 5.26 Å². The van der Waals surface area contributed by atoms with Crippen LogP contribution in [0.1, 0.15) is 31.4 Å². The van der Waals surface area contributed by atoms with Crippen molar-refractivity contribution in [3.63, 3.8) is 0 Å². The van der Waals surface area contributed by atoms with Gasteiger partial charge in [0.05, 0.1) is 29.9 Å². The van der Waals surface area contributed by atoms with Crippen LogP contribution in [-0.2, 0) is 0 Å². The number of methoxy groups -OCH3 is 1. The smallest absolute Gasteiger partial charge is 0.180 e. The van der Waals surface area contributed by atoms with Crippen molar-refractivity contribution in [3.05, 3.63) is 58.6 Å². The average Bonchev–Trinajstić information content (AvgIpc) is 2.62. The maximum Gasteiger partial charge on any atom is 0.180 e. The summed E-state index contributed by atoms with van der Waals surface area (Å²) in [4.78, 5) is 0. The molecule has 0 aliphatic heterocycles. The molecule has 0 N–H and O–H groups in total. The monoisotopic (exact) mass is 341 g/mol. The van der Waals surface area contributed by atoms with Crippen molar-refractivity contribution in [2.24, 2.45) is 0 Å². The first-order chi connectivity index (χ1) is 11.6. The molecule has 0 aromatic heterocycles. The second-order valence-corrected chi connectivity index (χ2v) is 5.81. The molecular weight excluding hydrogens is 322 g/mol. The molecule has 0 spiro atoms. The molecular formula is C20H20ClNO2. The highest BCUT2D eigenvalue weighted by atomic mass is 35.5. The van der Waals surface area contributed by atoms with Gasteiger partial charge in [0.2, 0.25) is 0 Å². The van der Waals surface area contributed by atoms with Gasteiger partial charge >= 0.3 is 0 Å². The molecule has 0 amide bonds. The Morgan fingerprint density at radius 3 is 2.58 bits per heavy atom. The van der Waals surface area contributed by atoms with E-state index in [9.17, 15) is 5.26 Å². The van der Waals surface area contributed by atoms with Crippen molar-refractivity contribution in [2.45, 2.75) is 26.4 Å². The molecule has 0 fully saturated rings. The Balaban J connectivity index is 2.43. The third-order valence-electron chi connectivity index (χ3n) is 3.66. The highest BCUT2D eigenvalue weighted by molar-refractivity contribution is 6.32. The summed E-state index contributed by atoms with van der Waals surface area (Å²) in [7, 11) is 1.57. The number of rotatable bonds is 6. The first kappa shape index (κ1) is 17.9. The lowest BCUT2D eigenvalue weighted by Crippen LogP contribution is -2.11. The minimum absolute atomic E-state index is 0.0387. The Kier molecular flexibility index (Phi) is 6.28. The molecule has 0 heterocycles. The fourth-order valence-corrected chi connectivity index (χ4v) is 2.45. The van der Waals surface area contributed by atoms with E-state index in [1.807, 2.05) is 50.2 Å². The minimum Gasteiger partial charge on any atom is -0.493 e. The molecule has 0 radical (unpaired) electrons. The maximum atomic E-state index is 9.43. The number of ether oxygens (including phenoxy) is 2. The molecule has 4 heteroatoms. The van der Waals surface area contributed by atoms with Gasteiger partial charge in [0.1, 0.15) is 0 Å². The van der Waals surface area contributed by atoms with Crippen molar-refractivity contribution in [1.82, 2.24) is 0 Å². The largest absolute Gasteiger partial charge is 0.493 e. The molecule has 1 unspecified atom stereocenters. The van der Waals surface area contributed by atoms with E-state index in [2.05, 4.69) is 6.07 Å². The second-order valence-electron chi connectivity index (χ2n) is 5.41. The molecule has 0 aliphatic rings. The van der Waals surface area contributed by atoms with Gasteiger partial charge in [-0.05, 0) is 42.7 Å². The summed E-state index contributed by atoms with van der Waals surface area (Å²) in [6.45, 7) is 4.02. The molecule has 0 saturated carbocycles. The molecule has 0 bridgehead atoms. The summed E-state index contributed by atoms with van der Waals surface area (Å²) in [6.07, 6.45) is 2.70. The fraction of sp³-hybridized carbons (Fsp3) is 0.250. The van der Waals surface area contributed by atoms with E-state index >= 15 is 0 Å². The lowest BCUT2D eigenvalue weighted by Gasteiger charge is -2.17. The number of benzene rings is 2. The maximum absolute atomic E-state index is 9.43. The number of hydrogen-bond donors (Lipinski definition) is 0. The van der Waals surface area contributed by atoms with E-state index in [1.165, 1.54) is 0 Å². The SMILES string of the molecule is CCC(C)Oc1c(Cl)cc(C=C(C#N)c2ccccc2)cc1OC. The molecule has 2 rings (SSSR count). The highest BCUT2D eigenvalue weighted by Crippen LogP contribution is 2.38. The molecule has 2 aromatic carbocycles. The van der Waals surface area contributed by atoms with Gasteiger partial charge in [-0.15, -0.1) is 0 Å². The summed E-state index contributed by atoms with van der Waals surface area (Å²) < 4.78 is 11.3. The minimum atomic E-state index is 0.0387. The molecule has 3 nitrogen and oxygen atoms in total. The van der Waals surface area contributed by atoms with Crippen molar-refractivity contribution >= 4 is 23.3 Å². The predicted octanol–water partition coefficient (Wildman–Crippen LogP) is 5.59. The third kappa shape index (κ3) is 4.31. The van der Waals surface area contributed by atoms with Gasteiger partial charge in [0.25, 0.3) is 0 Å². The van der Waals surface area contributed by atoms with Gasteiger partial charge in [0.15, 0.2) is 11.5 Å². The second kappa shape index (κ2) is 8.42. The number of nitriles is 1. The number of halogens is 1. The van der Waals surface area contributed by atoms with Gasteiger partial charge in [-0.3, -0.25) is 0 Å². The highest BCUT2D eigenvalue weighted by Gasteiger charge is 2.14. The van der Waals surface area contributed by atoms with E-state index in [0.717, 1.165) is 17.5 Å². The first-order valence-corrected chi connectivity index (χ1v) is 8.18. The van der Waals surface area contributed by atoms with Crippen LogP contribution in [0.15, 0.2) is 42.5 Å². The Morgan fingerprint density at radius 2 is 2.00 bits per heavy atom. The summed E-state index contributed by atoms with van der Waals surface area (Å²) >= 11 is 6.37. The molecule has 124 valence electrons. The lowest BCUT2D eigenvalue weighted by atomic mass is 10.0. The van der Waals surface area contributed by atoms with Crippen molar-refractivity contribution in [1.29, 1.82) is 5.26 Å². The van der Waals surface area contributed by atoms with Crippen LogP contribution in [0.2, 0.25) is 5.02 Å². The van der Waals surface area contributed by atoms with Crippen molar-refractivity contribution < 1.29 is 9.47 Å². The van der Waals surface area contributed by atoms with E-state index in [-0.39, 0.29) is 6.10 Å². The Labute approximate surface area is 148 Å². The van der Waals surface area contributed by atoms with E-state index < -0.39 is 0 Å².